The van der Waals surface area contributed by atoms with E-state index < -0.39 is 12.3 Å². The predicted octanol–water partition coefficient (Wildman–Crippen LogP) is 6.29. The molecule has 26 heavy (non-hydrogen) atoms. The van der Waals surface area contributed by atoms with Crippen LogP contribution in [0.2, 0.25) is 24.2 Å². The molecule has 0 aromatic heterocycles. The van der Waals surface area contributed by atoms with Crippen LogP contribution in [0.15, 0.2) is 0 Å². The van der Waals surface area contributed by atoms with Crippen molar-refractivity contribution < 1.29 is 17.6 Å². The first-order chi connectivity index (χ1) is 12.7. The number of rotatable bonds is 21. The summed E-state index contributed by atoms with van der Waals surface area (Å²) in [6.45, 7) is -0.547. The third-order valence-corrected chi connectivity index (χ3v) is 9.16. The molecule has 0 aromatic rings. The minimum absolute atomic E-state index is 0.256. The molecule has 0 rings (SSSR count). The highest BCUT2D eigenvalue weighted by Gasteiger charge is 2.07. The monoisotopic (exact) mass is 414 g/mol. The second-order valence-electron chi connectivity index (χ2n) is 7.68. The van der Waals surface area contributed by atoms with Gasteiger partial charge in [0.25, 0.3) is 0 Å². The van der Waals surface area contributed by atoms with Gasteiger partial charge in [0.05, 0.1) is 25.7 Å². The second-order valence-corrected chi connectivity index (χ2v) is 11.7. The van der Waals surface area contributed by atoms with E-state index in [2.05, 4.69) is 0 Å². The molecule has 0 fully saturated rings. The summed E-state index contributed by atoms with van der Waals surface area (Å²) in [6, 6.07) is 4.08. The molecule has 6 heteroatoms. The van der Waals surface area contributed by atoms with Crippen molar-refractivity contribution in [2.45, 2.75) is 114 Å². The van der Waals surface area contributed by atoms with Crippen LogP contribution in [0.4, 0.5) is 17.6 Å². The van der Waals surface area contributed by atoms with Crippen molar-refractivity contribution in [2.24, 2.45) is 0 Å². The molecule has 0 saturated carbocycles. The third-order valence-electron chi connectivity index (χ3n) is 5.09. The van der Waals surface area contributed by atoms with Gasteiger partial charge in [0.2, 0.25) is 0 Å². The fourth-order valence-electron chi connectivity index (χ4n) is 3.36. The van der Waals surface area contributed by atoms with E-state index in [4.69, 9.17) is 0 Å². The first-order valence-electron chi connectivity index (χ1n) is 11.1. The van der Waals surface area contributed by atoms with Gasteiger partial charge in [0, 0.05) is 19.0 Å². The lowest BCUT2D eigenvalue weighted by atomic mass is 10.1. The molecular formula is C20H42F4Si2. The lowest BCUT2D eigenvalue weighted by Crippen LogP contribution is -2.05. The Morgan fingerprint density at radius 3 is 1.27 bits per heavy atom. The van der Waals surface area contributed by atoms with Crippen LogP contribution < -0.4 is 0 Å². The summed E-state index contributed by atoms with van der Waals surface area (Å²) in [5.41, 5.74) is 0. The van der Waals surface area contributed by atoms with Crippen molar-refractivity contribution in [3.05, 3.63) is 0 Å². The molecule has 0 amide bonds. The Balaban J connectivity index is 3.19. The van der Waals surface area contributed by atoms with Crippen molar-refractivity contribution in [3.63, 3.8) is 0 Å². The molecule has 0 radical (unpaired) electrons. The molecule has 158 valence electrons. The first kappa shape index (κ1) is 26.2. The molecule has 0 N–H and O–H groups in total. The molecule has 2 unspecified atom stereocenters. The summed E-state index contributed by atoms with van der Waals surface area (Å²) in [7, 11) is -0.512. The molecule has 0 bridgehead atoms. The molecule has 0 aliphatic heterocycles. The van der Waals surface area contributed by atoms with Gasteiger partial charge < -0.3 is 0 Å². The van der Waals surface area contributed by atoms with Crippen LogP contribution in [-0.2, 0) is 0 Å². The van der Waals surface area contributed by atoms with E-state index in [9.17, 15) is 17.6 Å². The zero-order valence-electron chi connectivity index (χ0n) is 16.8. The van der Waals surface area contributed by atoms with Crippen LogP contribution in [0.3, 0.4) is 0 Å². The number of hydrogen-bond acceptors (Lipinski definition) is 0. The Morgan fingerprint density at radius 2 is 0.885 bits per heavy atom. The minimum atomic E-state index is -0.641. The lowest BCUT2D eigenvalue weighted by molar-refractivity contribution is 0.325. The van der Waals surface area contributed by atoms with Gasteiger partial charge in [-0.15, -0.1) is 0 Å². The van der Waals surface area contributed by atoms with Crippen LogP contribution in [0.1, 0.15) is 77.0 Å². The molecule has 2 atom stereocenters. The van der Waals surface area contributed by atoms with E-state index in [1.807, 2.05) is 0 Å². The molecule has 0 aliphatic carbocycles. The van der Waals surface area contributed by atoms with Gasteiger partial charge in [-0.25, -0.2) is 8.78 Å². The van der Waals surface area contributed by atoms with Gasteiger partial charge in [-0.05, 0) is 37.8 Å². The second kappa shape index (κ2) is 21.5. The van der Waals surface area contributed by atoms with E-state index in [1.165, 1.54) is 37.8 Å². The summed E-state index contributed by atoms with van der Waals surface area (Å²) in [5.74, 6) is 0. The van der Waals surface area contributed by atoms with Crippen molar-refractivity contribution in [1.29, 1.82) is 0 Å². The Kier molecular flexibility index (Phi) is 21.6. The quantitative estimate of drug-likeness (QED) is 0.118. The smallest absolute Gasteiger partial charge is 0.0973 e. The van der Waals surface area contributed by atoms with Gasteiger partial charge in [-0.1, -0.05) is 63.5 Å². The normalized spacial score (nSPS) is 14.8. The van der Waals surface area contributed by atoms with Crippen LogP contribution in [-0.4, -0.2) is 44.7 Å². The molecular weight excluding hydrogens is 372 g/mol. The number of halogens is 4. The van der Waals surface area contributed by atoms with Crippen LogP contribution in [0.5, 0.6) is 0 Å². The van der Waals surface area contributed by atoms with E-state index in [0.29, 0.717) is 25.7 Å². The molecule has 0 aromatic carbocycles. The largest absolute Gasteiger partial charge is 0.251 e. The van der Waals surface area contributed by atoms with E-state index in [1.54, 1.807) is 0 Å². The highest BCUT2D eigenvalue weighted by molar-refractivity contribution is 6.35. The fourth-order valence-corrected chi connectivity index (χ4v) is 6.81. The first-order valence-corrected chi connectivity index (χ1v) is 15.1. The summed E-state index contributed by atoms with van der Waals surface area (Å²) >= 11 is 0. The summed E-state index contributed by atoms with van der Waals surface area (Å²) in [4.78, 5) is 0. The zero-order valence-corrected chi connectivity index (χ0v) is 19.6. The van der Waals surface area contributed by atoms with Crippen LogP contribution >= 0.6 is 0 Å². The van der Waals surface area contributed by atoms with E-state index in [0.717, 1.165) is 37.8 Å². The third kappa shape index (κ3) is 20.5. The number of hydrogen-bond donors (Lipinski definition) is 0. The average molecular weight is 415 g/mol. The Morgan fingerprint density at radius 1 is 0.500 bits per heavy atom. The molecule has 0 aliphatic rings. The highest BCUT2D eigenvalue weighted by Crippen LogP contribution is 2.14. The summed E-state index contributed by atoms with van der Waals surface area (Å²) in [6.07, 6.45) is 9.43. The molecule has 0 heterocycles. The maximum Gasteiger partial charge on any atom is 0.0973 e. The molecule has 0 nitrogen and oxygen atoms in total. The minimum Gasteiger partial charge on any atom is -0.251 e. The van der Waals surface area contributed by atoms with Gasteiger partial charge in [0.1, 0.15) is 0 Å². The fraction of sp³-hybridized carbons (Fsp3) is 1.00. The van der Waals surface area contributed by atoms with E-state index in [-0.39, 0.29) is 32.4 Å². The number of alkyl halides is 4. The van der Waals surface area contributed by atoms with Gasteiger partial charge >= 0.3 is 0 Å². The Bertz CT molecular complexity index is 244. The van der Waals surface area contributed by atoms with Crippen molar-refractivity contribution in [2.75, 3.05) is 13.3 Å². The van der Waals surface area contributed by atoms with Crippen LogP contribution in [0.25, 0.3) is 0 Å². The standard InChI is InChI=1S/C20H42F4Si2/c21-13-7-3-5-11-19(23)17-25-15-9-1-2-10-16-26-18-20(24)12-6-4-8-14-22/h19-20H,1-18,25-26H2. The maximum atomic E-state index is 13.6. The van der Waals surface area contributed by atoms with Gasteiger partial charge in [0.15, 0.2) is 0 Å². The van der Waals surface area contributed by atoms with Crippen molar-refractivity contribution >= 4 is 19.0 Å². The van der Waals surface area contributed by atoms with Gasteiger partial charge in [-0.3, -0.25) is 8.78 Å². The van der Waals surface area contributed by atoms with Crippen molar-refractivity contribution in [3.8, 4) is 0 Å². The highest BCUT2D eigenvalue weighted by atomic mass is 28.2. The average Bonchev–Trinajstić information content (AvgIpc) is 2.64. The van der Waals surface area contributed by atoms with Crippen LogP contribution in [0, 0.1) is 0 Å². The summed E-state index contributed by atoms with van der Waals surface area (Å²) in [5, 5.41) is 0. The SMILES string of the molecule is FCCCCCC(F)C[SiH2]CCCCCC[SiH2]CC(F)CCCCCF. The maximum absolute atomic E-state index is 13.6. The van der Waals surface area contributed by atoms with E-state index >= 15 is 0 Å². The van der Waals surface area contributed by atoms with Crippen molar-refractivity contribution in [1.82, 2.24) is 0 Å². The zero-order chi connectivity index (χ0) is 19.3. The molecule has 0 saturated heterocycles. The Labute approximate surface area is 163 Å². The topological polar surface area (TPSA) is 0 Å². The number of unbranched alkanes of at least 4 members (excludes halogenated alkanes) is 7. The molecule has 0 spiro atoms. The summed E-state index contributed by atoms with van der Waals surface area (Å²) < 4.78 is 51.1. The lowest BCUT2D eigenvalue weighted by Gasteiger charge is -2.08. The Hall–Kier alpha value is 0.154. The van der Waals surface area contributed by atoms with Gasteiger partial charge in [-0.2, -0.15) is 0 Å². The predicted molar refractivity (Wildman–Crippen MR) is 113 cm³/mol.